The molecule has 0 aliphatic carbocycles. The molecular formula is C20H24O3. The van der Waals surface area contributed by atoms with Crippen LogP contribution in [0.25, 0.3) is 11.1 Å². The Hall–Kier alpha value is -2.42. The number of allylic oxidation sites excluding steroid dienone is 2. The fourth-order valence-electron chi connectivity index (χ4n) is 2.84. The van der Waals surface area contributed by atoms with E-state index in [0.717, 1.165) is 24.2 Å². The molecule has 0 fully saturated rings. The molecule has 0 spiro atoms. The molecule has 0 aromatic heterocycles. The molecule has 1 N–H and O–H groups in total. The maximum Gasteiger partial charge on any atom is 0.161 e. The number of methoxy groups -OCH3 is 2. The van der Waals surface area contributed by atoms with Crippen molar-refractivity contribution in [2.45, 2.75) is 26.7 Å². The van der Waals surface area contributed by atoms with Gasteiger partial charge >= 0.3 is 0 Å². The summed E-state index contributed by atoms with van der Waals surface area (Å²) in [5.74, 6) is 1.52. The maximum atomic E-state index is 9.80. The summed E-state index contributed by atoms with van der Waals surface area (Å²) < 4.78 is 10.5. The lowest BCUT2D eigenvalue weighted by Crippen LogP contribution is -1.93. The summed E-state index contributed by atoms with van der Waals surface area (Å²) in [4.78, 5) is 0. The summed E-state index contributed by atoms with van der Waals surface area (Å²) in [6.07, 6.45) is 1.84. The lowest BCUT2D eigenvalue weighted by atomic mass is 9.91. The number of hydrogen-bond donors (Lipinski definition) is 1. The van der Waals surface area contributed by atoms with Crippen molar-refractivity contribution in [2.24, 2.45) is 0 Å². The van der Waals surface area contributed by atoms with Crippen molar-refractivity contribution in [3.05, 3.63) is 53.6 Å². The van der Waals surface area contributed by atoms with Crippen LogP contribution in [0, 0.1) is 0 Å². The molecular weight excluding hydrogens is 288 g/mol. The highest BCUT2D eigenvalue weighted by Gasteiger charge is 2.11. The van der Waals surface area contributed by atoms with Crippen LogP contribution in [0.15, 0.2) is 42.5 Å². The van der Waals surface area contributed by atoms with Crippen molar-refractivity contribution >= 4 is 11.1 Å². The Kier molecular flexibility index (Phi) is 5.69. The lowest BCUT2D eigenvalue weighted by Gasteiger charge is -2.15. The van der Waals surface area contributed by atoms with Crippen LogP contribution in [0.1, 0.15) is 37.8 Å². The molecule has 122 valence electrons. The van der Waals surface area contributed by atoms with Gasteiger partial charge < -0.3 is 14.6 Å². The Morgan fingerprint density at radius 3 is 1.91 bits per heavy atom. The Bertz CT molecular complexity index is 685. The second kappa shape index (κ2) is 7.73. The summed E-state index contributed by atoms with van der Waals surface area (Å²) in [6.45, 7) is 4.31. The maximum absolute atomic E-state index is 9.80. The number of ether oxygens (including phenoxy) is 2. The predicted molar refractivity (Wildman–Crippen MR) is 95.0 cm³/mol. The van der Waals surface area contributed by atoms with E-state index in [1.807, 2.05) is 24.3 Å². The summed E-state index contributed by atoms with van der Waals surface area (Å²) in [5.41, 5.74) is 4.82. The zero-order valence-corrected chi connectivity index (χ0v) is 14.2. The molecule has 0 atom stereocenters. The van der Waals surface area contributed by atoms with E-state index in [-0.39, 0.29) is 5.75 Å². The van der Waals surface area contributed by atoms with Gasteiger partial charge in [-0.2, -0.15) is 0 Å². The highest BCUT2D eigenvalue weighted by Crippen LogP contribution is 2.36. The van der Waals surface area contributed by atoms with E-state index < -0.39 is 0 Å². The van der Waals surface area contributed by atoms with Crippen LogP contribution in [0.3, 0.4) is 0 Å². The molecule has 0 aliphatic heterocycles. The van der Waals surface area contributed by atoms with Crippen molar-refractivity contribution in [1.29, 1.82) is 0 Å². The first kappa shape index (κ1) is 16.9. The van der Waals surface area contributed by atoms with Gasteiger partial charge in [0.1, 0.15) is 5.75 Å². The van der Waals surface area contributed by atoms with Gasteiger partial charge in [0.25, 0.3) is 0 Å². The lowest BCUT2D eigenvalue weighted by molar-refractivity contribution is 0.373. The molecule has 2 aromatic rings. The number of phenols is 1. The first-order valence-corrected chi connectivity index (χ1v) is 7.88. The van der Waals surface area contributed by atoms with E-state index in [1.54, 1.807) is 20.3 Å². The van der Waals surface area contributed by atoms with Crippen LogP contribution in [0.4, 0.5) is 0 Å². The third-order valence-corrected chi connectivity index (χ3v) is 4.04. The second-order valence-corrected chi connectivity index (χ2v) is 5.28. The van der Waals surface area contributed by atoms with Crippen LogP contribution >= 0.6 is 0 Å². The van der Waals surface area contributed by atoms with E-state index in [1.165, 1.54) is 16.7 Å². The van der Waals surface area contributed by atoms with Crippen molar-refractivity contribution < 1.29 is 14.6 Å². The zero-order chi connectivity index (χ0) is 16.8. The summed E-state index contributed by atoms with van der Waals surface area (Å²) in [7, 11) is 3.24. The molecule has 3 nitrogen and oxygen atoms in total. The third-order valence-electron chi connectivity index (χ3n) is 4.04. The summed E-state index contributed by atoms with van der Waals surface area (Å²) in [5, 5.41) is 9.80. The molecule has 2 aromatic carbocycles. The Morgan fingerprint density at radius 2 is 1.39 bits per heavy atom. The minimum atomic E-state index is 0.161. The van der Waals surface area contributed by atoms with Crippen LogP contribution in [0.5, 0.6) is 17.2 Å². The molecule has 0 saturated carbocycles. The van der Waals surface area contributed by atoms with E-state index >= 15 is 0 Å². The number of aromatic hydroxyl groups is 1. The molecule has 0 aliphatic rings. The summed E-state index contributed by atoms with van der Waals surface area (Å²) >= 11 is 0. The molecule has 3 heteroatoms. The van der Waals surface area contributed by atoms with E-state index in [9.17, 15) is 5.11 Å². The number of rotatable bonds is 6. The molecule has 0 bridgehead atoms. The zero-order valence-electron chi connectivity index (χ0n) is 14.2. The SMILES string of the molecule is CC/C(=C(\CC)c1ccc(O)c(OC)c1)c1ccc(OC)cc1. The standard InChI is InChI=1S/C20H24O3/c1-5-17(14-7-10-16(22-3)11-8-14)18(6-2)15-9-12-19(21)20(13-15)23-4/h7-13,21H,5-6H2,1-4H3/b18-17-. The van der Waals surface area contributed by atoms with Gasteiger partial charge in [-0.15, -0.1) is 0 Å². The van der Waals surface area contributed by atoms with Gasteiger partial charge in [0.15, 0.2) is 11.5 Å². The minimum Gasteiger partial charge on any atom is -0.504 e. The molecule has 0 saturated heterocycles. The van der Waals surface area contributed by atoms with Gasteiger partial charge in [-0.1, -0.05) is 32.0 Å². The number of hydrogen-bond acceptors (Lipinski definition) is 3. The fourth-order valence-corrected chi connectivity index (χ4v) is 2.84. The molecule has 23 heavy (non-hydrogen) atoms. The quantitative estimate of drug-likeness (QED) is 0.751. The predicted octanol–water partition coefficient (Wildman–Crippen LogP) is 5.14. The first-order valence-electron chi connectivity index (χ1n) is 7.88. The largest absolute Gasteiger partial charge is 0.504 e. The average Bonchev–Trinajstić information content (AvgIpc) is 2.60. The fraction of sp³-hybridized carbons (Fsp3) is 0.300. The van der Waals surface area contributed by atoms with E-state index in [0.29, 0.717) is 5.75 Å². The van der Waals surface area contributed by atoms with E-state index in [4.69, 9.17) is 9.47 Å². The monoisotopic (exact) mass is 312 g/mol. The van der Waals surface area contributed by atoms with Crippen molar-refractivity contribution in [2.75, 3.05) is 14.2 Å². The van der Waals surface area contributed by atoms with Crippen molar-refractivity contribution in [3.8, 4) is 17.2 Å². The number of phenolic OH excluding ortho intramolecular Hbond substituents is 1. The van der Waals surface area contributed by atoms with Crippen molar-refractivity contribution in [1.82, 2.24) is 0 Å². The Balaban J connectivity index is 2.54. The minimum absolute atomic E-state index is 0.161. The molecule has 0 unspecified atom stereocenters. The van der Waals surface area contributed by atoms with Crippen LogP contribution in [-0.2, 0) is 0 Å². The Morgan fingerprint density at radius 1 is 0.826 bits per heavy atom. The second-order valence-electron chi connectivity index (χ2n) is 5.28. The van der Waals surface area contributed by atoms with Gasteiger partial charge in [0.05, 0.1) is 14.2 Å². The highest BCUT2D eigenvalue weighted by atomic mass is 16.5. The smallest absolute Gasteiger partial charge is 0.161 e. The molecule has 0 heterocycles. The average molecular weight is 312 g/mol. The normalized spacial score (nSPS) is 11.8. The van der Waals surface area contributed by atoms with E-state index in [2.05, 4.69) is 26.0 Å². The highest BCUT2D eigenvalue weighted by molar-refractivity contribution is 5.91. The van der Waals surface area contributed by atoms with Gasteiger partial charge in [0.2, 0.25) is 0 Å². The van der Waals surface area contributed by atoms with Crippen molar-refractivity contribution in [3.63, 3.8) is 0 Å². The van der Waals surface area contributed by atoms with Gasteiger partial charge in [0, 0.05) is 0 Å². The molecule has 0 radical (unpaired) electrons. The van der Waals surface area contributed by atoms with Crippen LogP contribution in [0.2, 0.25) is 0 Å². The summed E-state index contributed by atoms with van der Waals surface area (Å²) in [6, 6.07) is 13.7. The van der Waals surface area contributed by atoms with Crippen LogP contribution in [-0.4, -0.2) is 19.3 Å². The number of benzene rings is 2. The van der Waals surface area contributed by atoms with Gasteiger partial charge in [-0.25, -0.2) is 0 Å². The molecule has 0 amide bonds. The third kappa shape index (κ3) is 3.67. The van der Waals surface area contributed by atoms with Gasteiger partial charge in [-0.05, 0) is 59.4 Å². The topological polar surface area (TPSA) is 38.7 Å². The molecule has 2 rings (SSSR count). The van der Waals surface area contributed by atoms with Gasteiger partial charge in [-0.3, -0.25) is 0 Å². The first-order chi connectivity index (χ1) is 11.1. The van der Waals surface area contributed by atoms with Crippen LogP contribution < -0.4 is 9.47 Å². The Labute approximate surface area is 138 Å².